The third-order valence-electron chi connectivity index (χ3n) is 2.00. The van der Waals surface area contributed by atoms with Crippen LogP contribution in [0.4, 0.5) is 31.1 Å². The maximum absolute atomic E-state index is 12.4. The number of urea groups is 1. The van der Waals surface area contributed by atoms with Gasteiger partial charge >= 0.3 is 18.4 Å². The van der Waals surface area contributed by atoms with Gasteiger partial charge in [-0.05, 0) is 0 Å². The second-order valence-corrected chi connectivity index (χ2v) is 3.19. The quantitative estimate of drug-likeness (QED) is 0.484. The number of rotatable bonds is 1. The minimum Gasteiger partial charge on any atom is -0.360 e. The third-order valence-corrected chi connectivity index (χ3v) is 2.00. The molecule has 3 N–H and O–H groups in total. The number of carbonyl (C=O) groups excluding carboxylic acids is 2. The minimum atomic E-state index is -5.70. The number of allylic oxidation sites excluding steroid dienone is 1. The lowest BCUT2D eigenvalue weighted by molar-refractivity contribution is -0.253. The van der Waals surface area contributed by atoms with Crippen LogP contribution < -0.4 is 10.6 Å². The number of hydrogen-bond acceptors (Lipinski definition) is 3. The van der Waals surface area contributed by atoms with Crippen LogP contribution in [0, 0.1) is 0 Å². The van der Waals surface area contributed by atoms with Gasteiger partial charge in [0, 0.05) is 0 Å². The van der Waals surface area contributed by atoms with E-state index in [1.54, 1.807) is 0 Å². The molecule has 18 heavy (non-hydrogen) atoms. The average Bonchev–Trinajstić information content (AvgIpc) is 2.13. The summed E-state index contributed by atoms with van der Waals surface area (Å²) in [5.74, 6) is 0. The van der Waals surface area contributed by atoms with Crippen LogP contribution in [0.25, 0.3) is 0 Å². The van der Waals surface area contributed by atoms with Gasteiger partial charge in [-0.3, -0.25) is 10.1 Å². The summed E-state index contributed by atoms with van der Waals surface area (Å²) >= 11 is 0. The van der Waals surface area contributed by atoms with E-state index < -0.39 is 41.7 Å². The summed E-state index contributed by atoms with van der Waals surface area (Å²) in [7, 11) is 0. The van der Waals surface area contributed by atoms with Crippen molar-refractivity contribution in [2.75, 3.05) is 0 Å². The van der Waals surface area contributed by atoms with E-state index in [1.165, 1.54) is 0 Å². The third kappa shape index (κ3) is 2.12. The molecule has 0 bridgehead atoms. The van der Waals surface area contributed by atoms with Crippen LogP contribution in [-0.4, -0.2) is 35.5 Å². The number of halogens is 6. The van der Waals surface area contributed by atoms with Gasteiger partial charge in [0.2, 0.25) is 0 Å². The molecular weight excluding hydrogens is 274 g/mol. The molecule has 1 atom stereocenters. The van der Waals surface area contributed by atoms with E-state index >= 15 is 0 Å². The highest BCUT2D eigenvalue weighted by Crippen LogP contribution is 2.39. The molecule has 0 aromatic heterocycles. The van der Waals surface area contributed by atoms with Crippen molar-refractivity contribution in [3.63, 3.8) is 0 Å². The predicted molar refractivity (Wildman–Crippen MR) is 41.8 cm³/mol. The highest BCUT2D eigenvalue weighted by Gasteiger charge is 2.62. The highest BCUT2D eigenvalue weighted by atomic mass is 19.4. The van der Waals surface area contributed by atoms with Gasteiger partial charge in [0.1, 0.15) is 5.70 Å². The fourth-order valence-electron chi connectivity index (χ4n) is 1.22. The topological polar surface area (TPSA) is 78.4 Å². The number of aliphatic hydroxyl groups is 1. The number of hydrogen-bond donors (Lipinski definition) is 3. The summed E-state index contributed by atoms with van der Waals surface area (Å²) in [6.45, 7) is 0. The molecule has 0 fully saturated rings. The molecule has 0 aliphatic carbocycles. The van der Waals surface area contributed by atoms with Gasteiger partial charge in [-0.2, -0.15) is 26.3 Å². The first kappa shape index (κ1) is 14.3. The van der Waals surface area contributed by atoms with E-state index in [1.807, 2.05) is 0 Å². The smallest absolute Gasteiger partial charge is 0.360 e. The summed E-state index contributed by atoms with van der Waals surface area (Å²) in [5, 5.41) is 10.9. The van der Waals surface area contributed by atoms with Crippen LogP contribution in [0.5, 0.6) is 0 Å². The SMILES string of the molecule is O=CC1=C(C(F)(F)F)NC(=O)NC1(O)C(F)(F)F. The summed E-state index contributed by atoms with van der Waals surface area (Å²) in [6.07, 6.45) is -12.0. The Bertz CT molecular complexity index is 426. The molecule has 1 unspecified atom stereocenters. The van der Waals surface area contributed by atoms with Gasteiger partial charge in [-0.15, -0.1) is 0 Å². The van der Waals surface area contributed by atoms with Crippen LogP contribution in [-0.2, 0) is 4.79 Å². The van der Waals surface area contributed by atoms with Crippen molar-refractivity contribution in [2.45, 2.75) is 18.1 Å². The van der Waals surface area contributed by atoms with Gasteiger partial charge in [0.15, 0.2) is 6.29 Å². The average molecular weight is 278 g/mol. The molecule has 0 aromatic rings. The first-order chi connectivity index (χ1) is 7.93. The molecule has 0 radical (unpaired) electrons. The molecule has 11 heteroatoms. The normalized spacial score (nSPS) is 25.6. The van der Waals surface area contributed by atoms with Crippen molar-refractivity contribution in [2.24, 2.45) is 0 Å². The second-order valence-electron chi connectivity index (χ2n) is 3.19. The van der Waals surface area contributed by atoms with Crippen LogP contribution in [0.2, 0.25) is 0 Å². The first-order valence-electron chi connectivity index (χ1n) is 4.09. The molecule has 1 rings (SSSR count). The Hall–Kier alpha value is -1.78. The first-order valence-corrected chi connectivity index (χ1v) is 4.09. The summed E-state index contributed by atoms with van der Waals surface area (Å²) in [6, 6.07) is -1.94. The van der Waals surface area contributed by atoms with E-state index in [2.05, 4.69) is 0 Å². The standard InChI is InChI=1S/C7H4F6N2O3/c8-6(9,10)3-2(1-16)5(18,7(11,12)13)15-4(17)14-3/h1,18H,(H2,14,15,17). The maximum Gasteiger partial charge on any atom is 0.441 e. The van der Waals surface area contributed by atoms with E-state index in [-0.39, 0.29) is 0 Å². The van der Waals surface area contributed by atoms with Crippen molar-refractivity contribution in [1.82, 2.24) is 10.6 Å². The molecule has 1 aliphatic rings. The molecule has 1 aliphatic heterocycles. The number of amides is 2. The molecule has 0 aromatic carbocycles. The van der Waals surface area contributed by atoms with Crippen LogP contribution in [0.15, 0.2) is 11.3 Å². The van der Waals surface area contributed by atoms with E-state index in [9.17, 15) is 35.9 Å². The summed E-state index contributed by atoms with van der Waals surface area (Å²) in [4.78, 5) is 21.1. The Labute approximate surface area is 94.4 Å². The van der Waals surface area contributed by atoms with Crippen molar-refractivity contribution in [3.8, 4) is 0 Å². The van der Waals surface area contributed by atoms with Gasteiger partial charge in [0.05, 0.1) is 5.57 Å². The molecule has 0 saturated carbocycles. The Morgan fingerprint density at radius 1 is 1.17 bits per heavy atom. The van der Waals surface area contributed by atoms with Gasteiger partial charge in [0.25, 0.3) is 5.72 Å². The van der Waals surface area contributed by atoms with Crippen LogP contribution in [0.1, 0.15) is 0 Å². The Morgan fingerprint density at radius 2 is 1.67 bits per heavy atom. The second kappa shape index (κ2) is 3.86. The van der Waals surface area contributed by atoms with Gasteiger partial charge in [-0.1, -0.05) is 0 Å². The zero-order valence-electron chi connectivity index (χ0n) is 8.11. The summed E-state index contributed by atoms with van der Waals surface area (Å²) < 4.78 is 74.4. The minimum absolute atomic E-state index is 0.827. The van der Waals surface area contributed by atoms with Crippen molar-refractivity contribution >= 4 is 12.3 Å². The highest BCUT2D eigenvalue weighted by molar-refractivity contribution is 5.88. The zero-order chi connectivity index (χ0) is 14.4. The lowest BCUT2D eigenvalue weighted by Gasteiger charge is -2.36. The Balaban J connectivity index is 3.54. The fourth-order valence-corrected chi connectivity index (χ4v) is 1.22. The monoisotopic (exact) mass is 278 g/mol. The van der Waals surface area contributed by atoms with E-state index in [0.29, 0.717) is 0 Å². The molecule has 2 amide bonds. The summed E-state index contributed by atoms with van der Waals surface area (Å²) in [5.41, 5.74) is -8.72. The van der Waals surface area contributed by atoms with Crippen LogP contribution >= 0.6 is 0 Å². The predicted octanol–water partition coefficient (Wildman–Crippen LogP) is 0.565. The fraction of sp³-hybridized carbons (Fsp3) is 0.429. The molecule has 5 nitrogen and oxygen atoms in total. The Kier molecular flexibility index (Phi) is 3.07. The lowest BCUT2D eigenvalue weighted by atomic mass is 9.98. The van der Waals surface area contributed by atoms with Crippen molar-refractivity contribution in [1.29, 1.82) is 0 Å². The Morgan fingerprint density at radius 3 is 2.00 bits per heavy atom. The number of aldehydes is 1. The number of nitrogens with one attached hydrogen (secondary N) is 2. The maximum atomic E-state index is 12.4. The number of carbonyl (C=O) groups is 2. The van der Waals surface area contributed by atoms with Gasteiger partial charge in [-0.25, -0.2) is 4.79 Å². The molecular formula is C7H4F6N2O3. The molecule has 102 valence electrons. The van der Waals surface area contributed by atoms with E-state index in [4.69, 9.17) is 5.11 Å². The van der Waals surface area contributed by atoms with Gasteiger partial charge < -0.3 is 10.4 Å². The lowest BCUT2D eigenvalue weighted by Crippen LogP contribution is -2.67. The van der Waals surface area contributed by atoms with Crippen molar-refractivity contribution < 1.29 is 41.0 Å². The largest absolute Gasteiger partial charge is 0.441 e. The number of alkyl halides is 6. The molecule has 0 saturated heterocycles. The van der Waals surface area contributed by atoms with E-state index in [0.717, 1.165) is 10.6 Å². The molecule has 1 heterocycles. The van der Waals surface area contributed by atoms with Crippen LogP contribution in [0.3, 0.4) is 0 Å². The molecule has 0 spiro atoms. The zero-order valence-corrected chi connectivity index (χ0v) is 8.11. The van der Waals surface area contributed by atoms with Crippen molar-refractivity contribution in [3.05, 3.63) is 11.3 Å².